The van der Waals surface area contributed by atoms with Crippen molar-refractivity contribution in [1.29, 1.82) is 0 Å². The summed E-state index contributed by atoms with van der Waals surface area (Å²) in [5.41, 5.74) is 5.51. The number of nitrogens with zero attached hydrogens (tertiary/aromatic N) is 1. The molecule has 0 aromatic carbocycles. The molecule has 1 unspecified atom stereocenters. The number of ether oxygens (including phenoxy) is 2. The van der Waals surface area contributed by atoms with Gasteiger partial charge in [-0.25, -0.2) is 0 Å². The van der Waals surface area contributed by atoms with Crippen molar-refractivity contribution in [2.45, 2.75) is 18.9 Å². The van der Waals surface area contributed by atoms with Crippen LogP contribution in [0.25, 0.3) is 0 Å². The highest BCUT2D eigenvalue weighted by atomic mass is 16.5. The van der Waals surface area contributed by atoms with Gasteiger partial charge in [-0.1, -0.05) is 0 Å². The predicted octanol–water partition coefficient (Wildman–Crippen LogP) is 0.0725. The lowest BCUT2D eigenvalue weighted by atomic mass is 10.2. The molecule has 0 spiro atoms. The highest BCUT2D eigenvalue weighted by Gasteiger charge is 2.18. The van der Waals surface area contributed by atoms with Gasteiger partial charge in [-0.2, -0.15) is 0 Å². The quantitative estimate of drug-likeness (QED) is 0.619. The van der Waals surface area contributed by atoms with Gasteiger partial charge in [0, 0.05) is 33.4 Å². The van der Waals surface area contributed by atoms with Crippen molar-refractivity contribution in [1.82, 2.24) is 4.90 Å². The molecular weight excluding hydrogens is 180 g/mol. The van der Waals surface area contributed by atoms with Gasteiger partial charge in [-0.05, 0) is 19.4 Å². The van der Waals surface area contributed by atoms with Crippen LogP contribution in [0.15, 0.2) is 0 Å². The van der Waals surface area contributed by atoms with Crippen molar-refractivity contribution in [2.75, 3.05) is 46.5 Å². The predicted molar refractivity (Wildman–Crippen MR) is 56.3 cm³/mol. The average molecular weight is 202 g/mol. The molecule has 0 bridgehead atoms. The van der Waals surface area contributed by atoms with Crippen LogP contribution in [-0.2, 0) is 9.47 Å². The molecule has 84 valence electrons. The fraction of sp³-hybridized carbons (Fsp3) is 1.00. The molecular formula is C10H22N2O2. The molecule has 14 heavy (non-hydrogen) atoms. The van der Waals surface area contributed by atoms with Crippen LogP contribution in [0.5, 0.6) is 0 Å². The van der Waals surface area contributed by atoms with E-state index >= 15 is 0 Å². The smallest absolute Gasteiger partial charge is 0.0714 e. The summed E-state index contributed by atoms with van der Waals surface area (Å²) in [6.45, 7) is 5.59. The number of nitrogens with two attached hydrogens (primary N) is 1. The maximum Gasteiger partial charge on any atom is 0.0714 e. The second-order valence-corrected chi connectivity index (χ2v) is 3.72. The Labute approximate surface area is 86.3 Å². The van der Waals surface area contributed by atoms with Crippen LogP contribution in [-0.4, -0.2) is 57.5 Å². The zero-order chi connectivity index (χ0) is 10.2. The van der Waals surface area contributed by atoms with E-state index in [-0.39, 0.29) is 0 Å². The van der Waals surface area contributed by atoms with Gasteiger partial charge in [0.2, 0.25) is 0 Å². The maximum absolute atomic E-state index is 5.60. The van der Waals surface area contributed by atoms with Crippen molar-refractivity contribution in [3.05, 3.63) is 0 Å². The fourth-order valence-corrected chi connectivity index (χ4v) is 1.78. The lowest BCUT2D eigenvalue weighted by molar-refractivity contribution is -0.0323. The number of rotatable bonds is 6. The van der Waals surface area contributed by atoms with Crippen LogP contribution < -0.4 is 5.73 Å². The van der Waals surface area contributed by atoms with Gasteiger partial charge in [-0.15, -0.1) is 0 Å². The highest BCUT2D eigenvalue weighted by Crippen LogP contribution is 2.08. The van der Waals surface area contributed by atoms with E-state index in [1.807, 2.05) is 0 Å². The van der Waals surface area contributed by atoms with E-state index in [1.54, 1.807) is 7.11 Å². The Morgan fingerprint density at radius 1 is 1.57 bits per heavy atom. The normalized spacial score (nSPS) is 24.0. The van der Waals surface area contributed by atoms with Gasteiger partial charge in [0.25, 0.3) is 0 Å². The van der Waals surface area contributed by atoms with E-state index in [4.69, 9.17) is 15.2 Å². The summed E-state index contributed by atoms with van der Waals surface area (Å²) >= 11 is 0. The van der Waals surface area contributed by atoms with Crippen LogP contribution in [0.2, 0.25) is 0 Å². The molecule has 1 aliphatic heterocycles. The van der Waals surface area contributed by atoms with Crippen LogP contribution in [0.4, 0.5) is 0 Å². The van der Waals surface area contributed by atoms with Gasteiger partial charge < -0.3 is 15.2 Å². The van der Waals surface area contributed by atoms with Gasteiger partial charge in [-0.3, -0.25) is 4.90 Å². The second-order valence-electron chi connectivity index (χ2n) is 3.72. The fourth-order valence-electron chi connectivity index (χ4n) is 1.78. The van der Waals surface area contributed by atoms with Gasteiger partial charge in [0.05, 0.1) is 12.7 Å². The molecule has 0 amide bonds. The summed E-state index contributed by atoms with van der Waals surface area (Å²) < 4.78 is 10.6. The largest absolute Gasteiger partial charge is 0.385 e. The number of hydrogen-bond acceptors (Lipinski definition) is 4. The topological polar surface area (TPSA) is 47.7 Å². The Balaban J connectivity index is 2.12. The van der Waals surface area contributed by atoms with Crippen molar-refractivity contribution >= 4 is 0 Å². The first-order valence-corrected chi connectivity index (χ1v) is 5.39. The third kappa shape index (κ3) is 4.37. The van der Waals surface area contributed by atoms with Gasteiger partial charge in [0.1, 0.15) is 0 Å². The first-order chi connectivity index (χ1) is 6.86. The molecule has 0 aliphatic carbocycles. The molecule has 0 radical (unpaired) electrons. The first-order valence-electron chi connectivity index (χ1n) is 5.39. The van der Waals surface area contributed by atoms with E-state index in [9.17, 15) is 0 Å². The molecule has 1 fully saturated rings. The van der Waals surface area contributed by atoms with E-state index in [2.05, 4.69) is 4.90 Å². The Morgan fingerprint density at radius 3 is 3.14 bits per heavy atom. The molecule has 0 saturated carbocycles. The SMILES string of the molecule is COCCCN1CCOC(CCN)C1. The monoisotopic (exact) mass is 202 g/mol. The molecule has 1 rings (SSSR count). The second kappa shape index (κ2) is 7.17. The van der Waals surface area contributed by atoms with Crippen molar-refractivity contribution in [3.63, 3.8) is 0 Å². The zero-order valence-electron chi connectivity index (χ0n) is 9.08. The minimum absolute atomic E-state index is 0.344. The standard InChI is InChI=1S/C10H22N2O2/c1-13-7-2-5-12-6-8-14-10(9-12)3-4-11/h10H,2-9,11H2,1H3. The molecule has 1 aliphatic rings. The molecule has 0 aromatic heterocycles. The summed E-state index contributed by atoms with van der Waals surface area (Å²) in [7, 11) is 1.75. The molecule has 1 saturated heterocycles. The Morgan fingerprint density at radius 2 is 2.43 bits per heavy atom. The number of methoxy groups -OCH3 is 1. The Kier molecular flexibility index (Phi) is 6.10. The molecule has 1 atom stereocenters. The first kappa shape index (κ1) is 11.9. The molecule has 2 N–H and O–H groups in total. The summed E-state index contributed by atoms with van der Waals surface area (Å²) in [6.07, 6.45) is 2.42. The summed E-state index contributed by atoms with van der Waals surface area (Å²) in [4.78, 5) is 2.43. The summed E-state index contributed by atoms with van der Waals surface area (Å²) in [5.74, 6) is 0. The van der Waals surface area contributed by atoms with E-state index in [1.165, 1.54) is 0 Å². The molecule has 0 aromatic rings. The number of morpholine rings is 1. The van der Waals surface area contributed by atoms with E-state index < -0.39 is 0 Å². The van der Waals surface area contributed by atoms with Crippen molar-refractivity contribution in [3.8, 4) is 0 Å². The molecule has 4 heteroatoms. The van der Waals surface area contributed by atoms with Crippen molar-refractivity contribution < 1.29 is 9.47 Å². The molecule has 1 heterocycles. The van der Waals surface area contributed by atoms with Crippen LogP contribution in [0.3, 0.4) is 0 Å². The van der Waals surface area contributed by atoms with E-state index in [0.717, 1.165) is 52.2 Å². The number of hydrogen-bond donors (Lipinski definition) is 1. The Bertz CT molecular complexity index is 142. The highest BCUT2D eigenvalue weighted by molar-refractivity contribution is 4.71. The minimum Gasteiger partial charge on any atom is -0.385 e. The lowest BCUT2D eigenvalue weighted by Crippen LogP contribution is -2.43. The van der Waals surface area contributed by atoms with Crippen LogP contribution >= 0.6 is 0 Å². The van der Waals surface area contributed by atoms with E-state index in [0.29, 0.717) is 6.10 Å². The lowest BCUT2D eigenvalue weighted by Gasteiger charge is -2.32. The van der Waals surface area contributed by atoms with Gasteiger partial charge in [0.15, 0.2) is 0 Å². The maximum atomic E-state index is 5.60. The minimum atomic E-state index is 0.344. The Hall–Kier alpha value is -0.160. The zero-order valence-corrected chi connectivity index (χ0v) is 9.08. The summed E-state index contributed by atoms with van der Waals surface area (Å²) in [6, 6.07) is 0. The summed E-state index contributed by atoms with van der Waals surface area (Å²) in [5, 5.41) is 0. The third-order valence-electron chi connectivity index (χ3n) is 2.53. The van der Waals surface area contributed by atoms with Gasteiger partial charge >= 0.3 is 0 Å². The van der Waals surface area contributed by atoms with Crippen LogP contribution in [0.1, 0.15) is 12.8 Å². The molecule has 4 nitrogen and oxygen atoms in total. The van der Waals surface area contributed by atoms with Crippen molar-refractivity contribution in [2.24, 2.45) is 5.73 Å². The van der Waals surface area contributed by atoms with Crippen LogP contribution in [0, 0.1) is 0 Å². The third-order valence-corrected chi connectivity index (χ3v) is 2.53. The average Bonchev–Trinajstić information content (AvgIpc) is 2.19.